The van der Waals surface area contributed by atoms with Crippen LogP contribution >= 0.6 is 0 Å². The van der Waals surface area contributed by atoms with Gasteiger partial charge >= 0.3 is 10.4 Å². The van der Waals surface area contributed by atoms with Crippen molar-refractivity contribution in [2.45, 2.75) is 24.3 Å². The van der Waals surface area contributed by atoms with Crippen molar-refractivity contribution in [1.29, 1.82) is 0 Å². The van der Waals surface area contributed by atoms with E-state index >= 15 is 0 Å². The zero-order valence-electron chi connectivity index (χ0n) is 16.4. The second-order valence-corrected chi connectivity index (χ2v) is 9.26. The molecule has 2 unspecified atom stereocenters. The zero-order valence-corrected chi connectivity index (χ0v) is 17.2. The fourth-order valence-electron chi connectivity index (χ4n) is 3.61. The first kappa shape index (κ1) is 20.3. The predicted octanol–water partition coefficient (Wildman–Crippen LogP) is 4.63. The molecule has 1 heterocycles. The third kappa shape index (κ3) is 3.86. The van der Waals surface area contributed by atoms with Gasteiger partial charge in [0.2, 0.25) is 4.90 Å². The second-order valence-electron chi connectivity index (χ2n) is 7.35. The van der Waals surface area contributed by atoms with Gasteiger partial charge in [-0.2, -0.15) is 8.86 Å². The minimum Gasteiger partial charge on any atom is -0.348 e. The first-order valence-corrected chi connectivity index (χ1v) is 11.1. The van der Waals surface area contributed by atoms with E-state index in [0.29, 0.717) is 12.1 Å². The van der Waals surface area contributed by atoms with Crippen LogP contribution in [-0.2, 0) is 21.2 Å². The van der Waals surface area contributed by atoms with Gasteiger partial charge in [-0.25, -0.2) is 4.39 Å². The molecular formula is C23H22FN2O3S+. The van der Waals surface area contributed by atoms with E-state index in [1.54, 1.807) is 12.1 Å². The van der Waals surface area contributed by atoms with Crippen molar-refractivity contribution in [3.05, 3.63) is 95.3 Å². The molecule has 154 valence electrons. The second kappa shape index (κ2) is 8.01. The van der Waals surface area contributed by atoms with Gasteiger partial charge in [0, 0.05) is 18.0 Å². The molecule has 0 radical (unpaired) electrons. The number of amides is 1. The lowest BCUT2D eigenvalue weighted by atomic mass is 10.0. The molecule has 2 atom stereocenters. The summed E-state index contributed by atoms with van der Waals surface area (Å²) in [4.78, 5) is 12.6. The molecule has 0 saturated carbocycles. The van der Waals surface area contributed by atoms with Crippen molar-refractivity contribution in [2.75, 3.05) is 10.8 Å². The predicted molar refractivity (Wildman–Crippen MR) is 115 cm³/mol. The molecule has 5 nitrogen and oxygen atoms in total. The SMILES string of the molecule is CC1CN([S+](=O)(O)c2ccc(C(=O)NCc3ccc(F)cc3)cc2)c2ccccc21. The number of halogens is 1. The Bertz CT molecular complexity index is 1120. The maximum absolute atomic E-state index is 13.3. The van der Waals surface area contributed by atoms with Crippen molar-refractivity contribution in [2.24, 2.45) is 0 Å². The van der Waals surface area contributed by atoms with E-state index in [0.717, 1.165) is 16.8 Å². The standard InChI is InChI=1S/C23H21FN2O3S/c1-16-15-26(22-5-3-2-4-21(16)22)30(28,29)20-12-8-18(9-13-20)23(27)25-14-17-6-10-19(24)11-7-17/h2-13,16H,14-15H2,1H3,(H-,25,27,28,29)/p+1. The molecule has 7 heteroatoms. The lowest BCUT2D eigenvalue weighted by Crippen LogP contribution is -2.35. The molecule has 0 aliphatic carbocycles. The summed E-state index contributed by atoms with van der Waals surface area (Å²) in [7, 11) is -3.47. The topological polar surface area (TPSA) is 69.6 Å². The first-order chi connectivity index (χ1) is 14.4. The van der Waals surface area contributed by atoms with Crippen LogP contribution in [0.25, 0.3) is 0 Å². The Labute approximate surface area is 175 Å². The summed E-state index contributed by atoms with van der Waals surface area (Å²) in [6.45, 7) is 2.75. The van der Waals surface area contributed by atoms with E-state index in [-0.39, 0.29) is 29.1 Å². The summed E-state index contributed by atoms with van der Waals surface area (Å²) in [5.74, 6) is -0.482. The van der Waals surface area contributed by atoms with Crippen molar-refractivity contribution in [3.63, 3.8) is 0 Å². The summed E-state index contributed by atoms with van der Waals surface area (Å²) < 4.78 is 38.6. The van der Waals surface area contributed by atoms with Crippen LogP contribution in [0.2, 0.25) is 0 Å². The van der Waals surface area contributed by atoms with Gasteiger partial charge in [-0.15, -0.1) is 0 Å². The van der Waals surface area contributed by atoms with Crippen LogP contribution in [0.15, 0.2) is 77.7 Å². The minimum absolute atomic E-state index is 0.158. The molecule has 0 spiro atoms. The minimum atomic E-state index is -3.47. The summed E-state index contributed by atoms with van der Waals surface area (Å²) in [6.07, 6.45) is 0. The molecule has 3 aromatic rings. The van der Waals surface area contributed by atoms with Gasteiger partial charge in [0.15, 0.2) is 0 Å². The Balaban J connectivity index is 1.48. The van der Waals surface area contributed by atoms with Gasteiger partial charge in [0.25, 0.3) is 5.91 Å². The van der Waals surface area contributed by atoms with E-state index < -0.39 is 10.4 Å². The largest absolute Gasteiger partial charge is 0.348 e. The molecule has 4 rings (SSSR count). The number of nitrogens with one attached hydrogen (secondary N) is 1. The smallest absolute Gasteiger partial charge is 0.348 e. The lowest BCUT2D eigenvalue weighted by molar-refractivity contribution is 0.0951. The number of para-hydroxylation sites is 1. The average Bonchev–Trinajstić information content (AvgIpc) is 3.11. The number of rotatable bonds is 5. The molecule has 1 amide bonds. The van der Waals surface area contributed by atoms with Crippen molar-refractivity contribution in [1.82, 2.24) is 5.32 Å². The van der Waals surface area contributed by atoms with Crippen molar-refractivity contribution < 1.29 is 17.9 Å². The van der Waals surface area contributed by atoms with Gasteiger partial charge in [0.05, 0.1) is 12.2 Å². The van der Waals surface area contributed by atoms with Gasteiger partial charge in [0.1, 0.15) is 5.82 Å². The van der Waals surface area contributed by atoms with Crippen LogP contribution < -0.4 is 9.62 Å². The Morgan fingerprint density at radius 3 is 2.47 bits per heavy atom. The van der Waals surface area contributed by atoms with Crippen LogP contribution in [0.4, 0.5) is 10.1 Å². The molecular weight excluding hydrogens is 403 g/mol. The molecule has 2 N–H and O–H groups in total. The highest BCUT2D eigenvalue weighted by atomic mass is 32.3. The molecule has 0 aromatic heterocycles. The zero-order chi connectivity index (χ0) is 21.3. The number of nitrogens with zero attached hydrogens (tertiary/aromatic N) is 1. The number of benzene rings is 3. The molecule has 1 aliphatic heterocycles. The van der Waals surface area contributed by atoms with Gasteiger partial charge < -0.3 is 5.32 Å². The van der Waals surface area contributed by atoms with E-state index in [9.17, 15) is 17.9 Å². The summed E-state index contributed by atoms with van der Waals surface area (Å²) in [5.41, 5.74) is 2.97. The summed E-state index contributed by atoms with van der Waals surface area (Å²) >= 11 is 0. The Kier molecular flexibility index (Phi) is 5.40. The van der Waals surface area contributed by atoms with Gasteiger partial charge in [-0.05, 0) is 57.8 Å². The lowest BCUT2D eigenvalue weighted by Gasteiger charge is -2.17. The van der Waals surface area contributed by atoms with Crippen LogP contribution in [0.3, 0.4) is 0 Å². The average molecular weight is 426 g/mol. The fourth-order valence-corrected chi connectivity index (χ4v) is 5.21. The van der Waals surface area contributed by atoms with Crippen LogP contribution in [0.5, 0.6) is 0 Å². The van der Waals surface area contributed by atoms with Gasteiger partial charge in [-0.1, -0.05) is 37.3 Å². The number of carbonyl (C=O) groups is 1. The molecule has 1 aliphatic rings. The maximum atomic E-state index is 13.3. The highest BCUT2D eigenvalue weighted by molar-refractivity contribution is 7.99. The van der Waals surface area contributed by atoms with E-state index in [1.807, 2.05) is 31.2 Å². The van der Waals surface area contributed by atoms with Gasteiger partial charge in [-0.3, -0.25) is 4.79 Å². The molecule has 0 fully saturated rings. The Hall–Kier alpha value is -3.03. The number of hydrogen-bond acceptors (Lipinski definition) is 2. The normalized spacial score (nSPS) is 17.3. The third-order valence-electron chi connectivity index (χ3n) is 5.26. The van der Waals surface area contributed by atoms with Crippen LogP contribution in [0.1, 0.15) is 34.3 Å². The number of carbonyl (C=O) groups excluding carboxylic acids is 1. The molecule has 0 saturated heterocycles. The molecule has 0 bridgehead atoms. The molecule has 3 aromatic carbocycles. The monoisotopic (exact) mass is 425 g/mol. The highest BCUT2D eigenvalue weighted by Crippen LogP contribution is 2.40. The highest BCUT2D eigenvalue weighted by Gasteiger charge is 2.44. The quantitative estimate of drug-likeness (QED) is 0.586. The summed E-state index contributed by atoms with van der Waals surface area (Å²) in [6, 6.07) is 19.6. The van der Waals surface area contributed by atoms with E-state index in [1.165, 1.54) is 40.7 Å². The maximum Gasteiger partial charge on any atom is 0.348 e. The van der Waals surface area contributed by atoms with Crippen molar-refractivity contribution >= 4 is 22.0 Å². The van der Waals surface area contributed by atoms with Crippen LogP contribution in [-0.4, -0.2) is 17.0 Å². The first-order valence-electron chi connectivity index (χ1n) is 9.62. The fraction of sp³-hybridized carbons (Fsp3) is 0.174. The Morgan fingerprint density at radius 1 is 1.10 bits per heavy atom. The van der Waals surface area contributed by atoms with E-state index in [4.69, 9.17) is 0 Å². The van der Waals surface area contributed by atoms with Crippen molar-refractivity contribution in [3.8, 4) is 0 Å². The summed E-state index contributed by atoms with van der Waals surface area (Å²) in [5, 5.41) is 2.76. The van der Waals surface area contributed by atoms with Crippen LogP contribution in [0, 0.1) is 5.82 Å². The Morgan fingerprint density at radius 2 is 1.77 bits per heavy atom. The third-order valence-corrected chi connectivity index (χ3v) is 7.09. The number of fused-ring (bicyclic) bond motifs is 1. The molecule has 30 heavy (non-hydrogen) atoms. The number of anilines is 1. The van der Waals surface area contributed by atoms with E-state index in [2.05, 4.69) is 5.32 Å². The number of hydrogen-bond donors (Lipinski definition) is 2.